The second kappa shape index (κ2) is 16.2. The second-order valence-corrected chi connectivity index (χ2v) is 18.6. The summed E-state index contributed by atoms with van der Waals surface area (Å²) in [7, 11) is 0.979. The van der Waals surface area contributed by atoms with Crippen LogP contribution in [0.1, 0.15) is 62.7 Å². The van der Waals surface area contributed by atoms with E-state index >= 15 is 0 Å². The highest BCUT2D eigenvalue weighted by atomic mass is 28.3. The van der Waals surface area contributed by atoms with Crippen LogP contribution in [0.3, 0.4) is 0 Å². The number of nitrogens with zero attached hydrogens (tertiary/aromatic N) is 2. The molecule has 258 valence electrons. The lowest BCUT2D eigenvalue weighted by Gasteiger charge is -2.46. The monoisotopic (exact) mass is 672 g/mol. The number of hydrogen-bond donors (Lipinski definition) is 1. The van der Waals surface area contributed by atoms with Gasteiger partial charge in [0.25, 0.3) is 0 Å². The van der Waals surface area contributed by atoms with Crippen LogP contribution in [0.2, 0.25) is 18.6 Å². The molecule has 2 heterocycles. The number of amides is 2. The van der Waals surface area contributed by atoms with E-state index in [1.807, 2.05) is 59.5 Å². The second-order valence-electron chi connectivity index (χ2n) is 13.8. The summed E-state index contributed by atoms with van der Waals surface area (Å²) in [5, 5.41) is 11.2. The summed E-state index contributed by atoms with van der Waals surface area (Å²) in [6.07, 6.45) is 4.41. The summed E-state index contributed by atoms with van der Waals surface area (Å²) in [6, 6.07) is 24.2. The number of benzene rings is 3. The van der Waals surface area contributed by atoms with Crippen LogP contribution in [-0.4, -0.2) is 69.9 Å². The Balaban J connectivity index is 1.50. The summed E-state index contributed by atoms with van der Waals surface area (Å²) in [5.74, 6) is 1.61. The summed E-state index contributed by atoms with van der Waals surface area (Å²) in [5.41, 5.74) is 2.73. The highest BCUT2D eigenvalue weighted by Crippen LogP contribution is 2.48. The first kappa shape index (κ1) is 35.6. The maximum absolute atomic E-state index is 14.3. The predicted octanol–water partition coefficient (Wildman–Crippen LogP) is 6.47. The third-order valence-electron chi connectivity index (χ3n) is 10.4. The molecule has 1 fully saturated rings. The van der Waals surface area contributed by atoms with Crippen LogP contribution < -0.4 is 19.6 Å². The van der Waals surface area contributed by atoms with Crippen LogP contribution in [0, 0.1) is 5.92 Å². The van der Waals surface area contributed by atoms with Gasteiger partial charge in [-0.25, -0.2) is 0 Å². The lowest BCUT2D eigenvalue weighted by atomic mass is 9.86. The van der Waals surface area contributed by atoms with Crippen molar-refractivity contribution in [3.63, 3.8) is 0 Å². The van der Waals surface area contributed by atoms with Gasteiger partial charge in [-0.3, -0.25) is 9.59 Å². The lowest BCUT2D eigenvalue weighted by molar-refractivity contribution is -0.133. The van der Waals surface area contributed by atoms with Crippen LogP contribution in [0.5, 0.6) is 11.5 Å². The largest absolute Gasteiger partial charge is 0.497 e. The molecule has 1 N–H and O–H groups in total. The molecule has 4 atom stereocenters. The van der Waals surface area contributed by atoms with Gasteiger partial charge in [0.1, 0.15) is 17.6 Å². The number of anilines is 1. The number of carbonyl (C=O) groups is 2. The predicted molar refractivity (Wildman–Crippen MR) is 193 cm³/mol. The number of rotatable bonds is 12. The maximum Gasteiger partial charge on any atom is 0.226 e. The van der Waals surface area contributed by atoms with E-state index < -0.39 is 8.07 Å². The third kappa shape index (κ3) is 7.96. The van der Waals surface area contributed by atoms with Crippen molar-refractivity contribution in [2.45, 2.75) is 82.8 Å². The topological polar surface area (TPSA) is 88.5 Å². The average molecular weight is 673 g/mol. The van der Waals surface area contributed by atoms with E-state index in [-0.39, 0.29) is 55.1 Å². The molecule has 5 rings (SSSR count). The Hall–Kier alpha value is -3.66. The van der Waals surface area contributed by atoms with E-state index in [2.05, 4.69) is 38.2 Å². The minimum atomic E-state index is -2.42. The Labute approximate surface area is 287 Å². The molecule has 8 nitrogen and oxygen atoms in total. The van der Waals surface area contributed by atoms with E-state index in [0.29, 0.717) is 19.5 Å². The van der Waals surface area contributed by atoms with Crippen LogP contribution in [0.25, 0.3) is 0 Å². The van der Waals surface area contributed by atoms with Crippen molar-refractivity contribution in [2.75, 3.05) is 38.8 Å². The van der Waals surface area contributed by atoms with E-state index in [1.54, 1.807) is 19.1 Å². The van der Waals surface area contributed by atoms with Crippen molar-refractivity contribution in [3.05, 3.63) is 83.9 Å². The Morgan fingerprint density at radius 3 is 2.44 bits per heavy atom. The van der Waals surface area contributed by atoms with E-state index in [4.69, 9.17) is 14.2 Å². The molecular weight excluding hydrogens is 621 g/mol. The number of ether oxygens (including phenoxy) is 3. The first-order valence-corrected chi connectivity index (χ1v) is 20.5. The van der Waals surface area contributed by atoms with Gasteiger partial charge in [0.2, 0.25) is 11.8 Å². The Morgan fingerprint density at radius 1 is 1.02 bits per heavy atom. The van der Waals surface area contributed by atoms with Gasteiger partial charge in [0.15, 0.2) is 0 Å². The SMILES string of the molecule is COc1ccc([Si](C)(C)C(CC(=O)N(CCO)Cc2ccccc2)[C@@H]2Oc3ccc(N4CCCCCCC4=O)cc3[C@H](OC)[C@H]2C)cc1. The average Bonchev–Trinajstić information content (AvgIpc) is 3.09. The Kier molecular flexibility index (Phi) is 12.0. The van der Waals surface area contributed by atoms with Gasteiger partial charge in [-0.2, -0.15) is 0 Å². The number of aliphatic hydroxyl groups excluding tert-OH is 1. The number of aliphatic hydroxyl groups is 1. The van der Waals surface area contributed by atoms with Crippen molar-refractivity contribution < 1.29 is 28.9 Å². The van der Waals surface area contributed by atoms with Gasteiger partial charge in [-0.05, 0) is 48.7 Å². The quantitative estimate of drug-likeness (QED) is 0.222. The Morgan fingerprint density at radius 2 is 1.75 bits per heavy atom. The zero-order valence-electron chi connectivity index (χ0n) is 29.2. The van der Waals surface area contributed by atoms with Gasteiger partial charge < -0.3 is 29.1 Å². The van der Waals surface area contributed by atoms with Gasteiger partial charge in [0, 0.05) is 62.3 Å². The molecule has 0 radical (unpaired) electrons. The highest BCUT2D eigenvalue weighted by molar-refractivity contribution is 6.91. The molecular formula is C39H52N2O6Si. The molecule has 0 saturated carbocycles. The molecule has 0 bridgehead atoms. The van der Waals surface area contributed by atoms with E-state index in [0.717, 1.165) is 54.0 Å². The van der Waals surface area contributed by atoms with Crippen molar-refractivity contribution in [3.8, 4) is 11.5 Å². The number of hydrogen-bond acceptors (Lipinski definition) is 6. The van der Waals surface area contributed by atoms with Crippen LogP contribution in [0.15, 0.2) is 72.8 Å². The summed E-state index contributed by atoms with van der Waals surface area (Å²) in [6.45, 7) is 8.07. The minimum Gasteiger partial charge on any atom is -0.497 e. The number of fused-ring (bicyclic) bond motifs is 1. The summed E-state index contributed by atoms with van der Waals surface area (Å²) < 4.78 is 18.7. The van der Waals surface area contributed by atoms with Crippen molar-refractivity contribution in [1.29, 1.82) is 0 Å². The fraction of sp³-hybridized carbons (Fsp3) is 0.487. The minimum absolute atomic E-state index is 0.00602. The fourth-order valence-electron chi connectivity index (χ4n) is 7.52. The van der Waals surface area contributed by atoms with Crippen molar-refractivity contribution >= 4 is 30.8 Å². The lowest BCUT2D eigenvalue weighted by Crippen LogP contribution is -2.55. The van der Waals surface area contributed by atoms with Crippen LogP contribution in [0.4, 0.5) is 5.69 Å². The molecule has 48 heavy (non-hydrogen) atoms. The third-order valence-corrected chi connectivity index (χ3v) is 14.6. The summed E-state index contributed by atoms with van der Waals surface area (Å²) >= 11 is 0. The molecule has 9 heteroatoms. The Bertz CT molecular complexity index is 1510. The molecule has 0 spiro atoms. The molecule has 2 aliphatic rings. The molecule has 2 aliphatic heterocycles. The molecule has 1 saturated heterocycles. The van der Waals surface area contributed by atoms with E-state index in [1.165, 1.54) is 5.19 Å². The van der Waals surface area contributed by atoms with Gasteiger partial charge in [-0.15, -0.1) is 0 Å². The standard InChI is InChI=1S/C39H52N2O6Si/c1-28-38(46-3)33-25-30(41-22-12-7-6-11-15-36(41)43)16-21-34(33)47-39(28)35(48(4,5)32-19-17-31(45-2)18-20-32)26-37(44)40(23-24-42)27-29-13-9-8-10-14-29/h8-10,13-14,16-21,25,28,35,38-39,42H,6-7,11-12,15,22-24,26-27H2,1-5H3/t28-,35?,38-,39-/m1/s1. The highest BCUT2D eigenvalue weighted by Gasteiger charge is 2.48. The first-order valence-electron chi connectivity index (χ1n) is 17.4. The number of methoxy groups -OCH3 is 2. The van der Waals surface area contributed by atoms with Gasteiger partial charge >= 0.3 is 0 Å². The smallest absolute Gasteiger partial charge is 0.226 e. The van der Waals surface area contributed by atoms with Crippen LogP contribution >= 0.6 is 0 Å². The molecule has 2 amide bonds. The summed E-state index contributed by atoms with van der Waals surface area (Å²) in [4.78, 5) is 31.1. The van der Waals surface area contributed by atoms with Crippen molar-refractivity contribution in [2.24, 2.45) is 5.92 Å². The molecule has 0 aliphatic carbocycles. The van der Waals surface area contributed by atoms with E-state index in [9.17, 15) is 14.7 Å². The zero-order valence-corrected chi connectivity index (χ0v) is 30.2. The van der Waals surface area contributed by atoms with Gasteiger partial charge in [-0.1, -0.05) is 80.5 Å². The molecule has 1 unspecified atom stereocenters. The first-order chi connectivity index (χ1) is 23.2. The van der Waals surface area contributed by atoms with Crippen molar-refractivity contribution in [1.82, 2.24) is 4.90 Å². The number of carbonyl (C=O) groups excluding carboxylic acids is 2. The fourth-order valence-corrected chi connectivity index (χ4v) is 10.8. The zero-order chi connectivity index (χ0) is 34.3. The van der Waals surface area contributed by atoms with Gasteiger partial charge in [0.05, 0.1) is 27.9 Å². The molecule has 3 aromatic carbocycles. The van der Waals surface area contributed by atoms with Crippen LogP contribution in [-0.2, 0) is 20.9 Å². The normalized spacial score (nSPS) is 20.6. The molecule has 0 aromatic heterocycles. The maximum atomic E-state index is 14.3. The molecule has 3 aromatic rings.